The van der Waals surface area contributed by atoms with Crippen LogP contribution < -0.4 is 11.3 Å². The minimum atomic E-state index is -0.0831. The van der Waals surface area contributed by atoms with E-state index in [1.165, 1.54) is 11.5 Å². The fourth-order valence-electron chi connectivity index (χ4n) is 1.93. The van der Waals surface area contributed by atoms with E-state index >= 15 is 0 Å². The third-order valence-electron chi connectivity index (χ3n) is 2.89. The number of aryl methyl sites for hydroxylation is 2. The van der Waals surface area contributed by atoms with Gasteiger partial charge >= 0.3 is 0 Å². The van der Waals surface area contributed by atoms with E-state index in [9.17, 15) is 0 Å². The molecule has 0 saturated heterocycles. The van der Waals surface area contributed by atoms with Crippen molar-refractivity contribution in [3.05, 3.63) is 40.2 Å². The van der Waals surface area contributed by atoms with Gasteiger partial charge < -0.3 is 0 Å². The molecule has 0 aromatic carbocycles. The van der Waals surface area contributed by atoms with Crippen molar-refractivity contribution in [1.29, 1.82) is 0 Å². The number of pyridine rings is 1. The third-order valence-corrected chi connectivity index (χ3v) is 3.72. The van der Waals surface area contributed by atoms with Crippen molar-refractivity contribution in [3.8, 4) is 0 Å². The molecule has 2 heterocycles. The van der Waals surface area contributed by atoms with Crippen LogP contribution in [0.25, 0.3) is 0 Å². The van der Waals surface area contributed by atoms with Crippen LogP contribution in [-0.2, 0) is 6.42 Å². The molecule has 0 spiro atoms. The molecule has 0 fully saturated rings. The van der Waals surface area contributed by atoms with E-state index in [0.717, 1.165) is 34.5 Å². The predicted molar refractivity (Wildman–Crippen MR) is 72.0 cm³/mol. The smallest absolute Gasteiger partial charge is 0.0855 e. The Morgan fingerprint density at radius 1 is 1.50 bits per heavy atom. The molecule has 1 atom stereocenters. The molecule has 18 heavy (non-hydrogen) atoms. The summed E-state index contributed by atoms with van der Waals surface area (Å²) < 4.78 is 4.04. The first kappa shape index (κ1) is 13.1. The maximum absolute atomic E-state index is 5.70. The van der Waals surface area contributed by atoms with Crippen LogP contribution in [0.5, 0.6) is 0 Å². The van der Waals surface area contributed by atoms with E-state index in [2.05, 4.69) is 33.8 Å². The Labute approximate surface area is 111 Å². The van der Waals surface area contributed by atoms with E-state index in [0.29, 0.717) is 0 Å². The van der Waals surface area contributed by atoms with Crippen LogP contribution in [0.4, 0.5) is 0 Å². The van der Waals surface area contributed by atoms with Gasteiger partial charge in [0.2, 0.25) is 0 Å². The van der Waals surface area contributed by atoms with Crippen LogP contribution in [0.15, 0.2) is 18.5 Å². The van der Waals surface area contributed by atoms with Gasteiger partial charge in [-0.15, -0.1) is 5.10 Å². The SMILES string of the molecule is CCCc1nnsc1C(NN)c1cnccc1C. The van der Waals surface area contributed by atoms with Crippen molar-refractivity contribution in [2.24, 2.45) is 5.84 Å². The highest BCUT2D eigenvalue weighted by Gasteiger charge is 2.21. The topological polar surface area (TPSA) is 76.7 Å². The average molecular weight is 263 g/mol. The molecule has 2 aromatic rings. The summed E-state index contributed by atoms with van der Waals surface area (Å²) in [6.07, 6.45) is 5.59. The fourth-order valence-corrected chi connectivity index (χ4v) is 2.71. The third kappa shape index (κ3) is 2.55. The van der Waals surface area contributed by atoms with Gasteiger partial charge in [-0.05, 0) is 42.1 Å². The number of rotatable bonds is 5. The van der Waals surface area contributed by atoms with Crippen LogP contribution >= 0.6 is 11.5 Å². The molecule has 2 aromatic heterocycles. The van der Waals surface area contributed by atoms with Gasteiger partial charge in [-0.2, -0.15) is 0 Å². The van der Waals surface area contributed by atoms with Gasteiger partial charge in [-0.3, -0.25) is 10.8 Å². The summed E-state index contributed by atoms with van der Waals surface area (Å²) in [7, 11) is 0. The average Bonchev–Trinajstić information content (AvgIpc) is 2.82. The molecular formula is C12H17N5S. The molecule has 0 saturated carbocycles. The second-order valence-corrected chi connectivity index (χ2v) is 4.95. The van der Waals surface area contributed by atoms with Gasteiger partial charge in [0.25, 0.3) is 0 Å². The number of hydrazine groups is 1. The lowest BCUT2D eigenvalue weighted by molar-refractivity contribution is 0.631. The molecule has 6 heteroatoms. The van der Waals surface area contributed by atoms with Crippen LogP contribution in [0.1, 0.15) is 41.1 Å². The van der Waals surface area contributed by atoms with Gasteiger partial charge in [0, 0.05) is 12.4 Å². The quantitative estimate of drug-likeness (QED) is 0.635. The molecule has 2 rings (SSSR count). The Balaban J connectivity index is 2.39. The molecule has 0 bridgehead atoms. The number of hydrogen-bond acceptors (Lipinski definition) is 6. The molecule has 5 nitrogen and oxygen atoms in total. The van der Waals surface area contributed by atoms with Gasteiger partial charge in [-0.25, -0.2) is 5.43 Å². The second kappa shape index (κ2) is 5.99. The fraction of sp³-hybridized carbons (Fsp3) is 0.417. The van der Waals surface area contributed by atoms with Crippen molar-refractivity contribution in [1.82, 2.24) is 20.0 Å². The van der Waals surface area contributed by atoms with E-state index in [1.807, 2.05) is 12.3 Å². The standard InChI is InChI=1S/C12H17N5S/c1-3-4-10-12(18-17-16-10)11(15-13)9-7-14-6-5-8(9)2/h5-7,11,15H,3-4,13H2,1-2H3. The first-order valence-corrected chi connectivity index (χ1v) is 6.73. The largest absolute Gasteiger partial charge is 0.271 e. The second-order valence-electron chi connectivity index (χ2n) is 4.17. The summed E-state index contributed by atoms with van der Waals surface area (Å²) in [5, 5.41) is 4.18. The van der Waals surface area contributed by atoms with E-state index in [-0.39, 0.29) is 6.04 Å². The Morgan fingerprint density at radius 2 is 2.33 bits per heavy atom. The highest BCUT2D eigenvalue weighted by atomic mass is 32.1. The maximum atomic E-state index is 5.70. The number of hydrogen-bond donors (Lipinski definition) is 2. The molecule has 3 N–H and O–H groups in total. The molecule has 0 aliphatic carbocycles. The van der Waals surface area contributed by atoms with Gasteiger partial charge in [0.15, 0.2) is 0 Å². The molecule has 1 unspecified atom stereocenters. The van der Waals surface area contributed by atoms with Crippen LogP contribution in [0.3, 0.4) is 0 Å². The Bertz CT molecular complexity index is 511. The zero-order valence-corrected chi connectivity index (χ0v) is 11.4. The highest BCUT2D eigenvalue weighted by Crippen LogP contribution is 2.28. The van der Waals surface area contributed by atoms with Crippen molar-refractivity contribution >= 4 is 11.5 Å². The Hall–Kier alpha value is -1.37. The lowest BCUT2D eigenvalue weighted by atomic mass is 10.0. The molecule has 96 valence electrons. The first-order chi connectivity index (χ1) is 8.77. The lowest BCUT2D eigenvalue weighted by Gasteiger charge is -2.17. The predicted octanol–water partition coefficient (Wildman–Crippen LogP) is 1.75. The van der Waals surface area contributed by atoms with Gasteiger partial charge in [0.1, 0.15) is 0 Å². The Kier molecular flexibility index (Phi) is 4.35. The molecule has 0 aliphatic rings. The number of nitrogens with one attached hydrogen (secondary N) is 1. The Morgan fingerprint density at radius 3 is 3.00 bits per heavy atom. The zero-order chi connectivity index (χ0) is 13.0. The summed E-state index contributed by atoms with van der Waals surface area (Å²) >= 11 is 1.39. The van der Waals surface area contributed by atoms with Crippen molar-refractivity contribution in [2.75, 3.05) is 0 Å². The summed E-state index contributed by atoms with van der Waals surface area (Å²) in [4.78, 5) is 5.25. The van der Waals surface area contributed by atoms with E-state index in [1.54, 1.807) is 6.20 Å². The van der Waals surface area contributed by atoms with Gasteiger partial charge in [-0.1, -0.05) is 17.8 Å². The lowest BCUT2D eigenvalue weighted by Crippen LogP contribution is -2.29. The maximum Gasteiger partial charge on any atom is 0.0855 e. The van der Waals surface area contributed by atoms with Crippen LogP contribution in [0.2, 0.25) is 0 Å². The van der Waals surface area contributed by atoms with Crippen molar-refractivity contribution in [3.63, 3.8) is 0 Å². The van der Waals surface area contributed by atoms with Gasteiger partial charge in [0.05, 0.1) is 16.6 Å². The summed E-state index contributed by atoms with van der Waals surface area (Å²) in [6, 6.07) is 1.90. The first-order valence-electron chi connectivity index (χ1n) is 5.95. The summed E-state index contributed by atoms with van der Waals surface area (Å²) in [5.74, 6) is 5.70. The summed E-state index contributed by atoms with van der Waals surface area (Å²) in [6.45, 7) is 4.18. The molecule has 0 aliphatic heterocycles. The number of nitrogens with two attached hydrogens (primary N) is 1. The van der Waals surface area contributed by atoms with E-state index in [4.69, 9.17) is 5.84 Å². The zero-order valence-electron chi connectivity index (χ0n) is 10.6. The monoisotopic (exact) mass is 263 g/mol. The normalized spacial score (nSPS) is 12.6. The van der Waals surface area contributed by atoms with E-state index < -0.39 is 0 Å². The molecular weight excluding hydrogens is 246 g/mol. The van der Waals surface area contributed by atoms with Crippen molar-refractivity contribution in [2.45, 2.75) is 32.7 Å². The summed E-state index contributed by atoms with van der Waals surface area (Å²) in [5.41, 5.74) is 6.10. The number of aromatic nitrogens is 3. The highest BCUT2D eigenvalue weighted by molar-refractivity contribution is 7.05. The minimum Gasteiger partial charge on any atom is -0.271 e. The number of nitrogens with zero attached hydrogens (tertiary/aromatic N) is 3. The minimum absolute atomic E-state index is 0.0831. The van der Waals surface area contributed by atoms with Crippen molar-refractivity contribution < 1.29 is 0 Å². The molecule has 0 amide bonds. The molecule has 0 radical (unpaired) electrons. The van der Waals surface area contributed by atoms with Crippen LogP contribution in [-0.4, -0.2) is 14.6 Å². The van der Waals surface area contributed by atoms with Crippen LogP contribution in [0, 0.1) is 6.92 Å².